The quantitative estimate of drug-likeness (QED) is 0.0146. The number of hydrogen-bond acceptors (Lipinski definition) is 14. The molecule has 570 valence electrons. The number of aliphatic hydroxyl groups is 2. The van der Waals surface area contributed by atoms with Crippen molar-refractivity contribution < 1.29 is 75.8 Å². The fraction of sp³-hybridized carbons (Fsp3) is 0.716. The van der Waals surface area contributed by atoms with E-state index in [9.17, 15) is 43.5 Å². The van der Waals surface area contributed by atoms with Crippen molar-refractivity contribution in [2.75, 3.05) is 39.6 Å². The number of rotatable bonds is 73. The highest BCUT2D eigenvalue weighted by Gasteiger charge is 2.29. The molecule has 0 amide bonds. The Hall–Kier alpha value is -4.05. The molecule has 16 nitrogen and oxygen atoms in total. The Bertz CT molecular complexity index is 2290. The van der Waals surface area contributed by atoms with E-state index in [0.29, 0.717) is 19.3 Å². The molecule has 0 aliphatic heterocycles. The van der Waals surface area contributed by atoms with Crippen molar-refractivity contribution >= 4 is 33.6 Å². The van der Waals surface area contributed by atoms with Crippen molar-refractivity contribution in [1.29, 1.82) is 0 Å². The van der Waals surface area contributed by atoms with Gasteiger partial charge in [-0.2, -0.15) is 0 Å². The van der Waals surface area contributed by atoms with Crippen LogP contribution in [0.4, 0.5) is 0 Å². The molecule has 0 bridgehead atoms. The predicted molar refractivity (Wildman–Crippen MR) is 408 cm³/mol. The van der Waals surface area contributed by atoms with E-state index in [-0.39, 0.29) is 19.3 Å². The number of hydrogen-bond donors (Lipinski definition) is 4. The highest BCUT2D eigenvalue weighted by molar-refractivity contribution is 7.47. The summed E-state index contributed by atoms with van der Waals surface area (Å²) in [6.07, 6.45) is 86.7. The molecule has 18 heteroatoms. The SMILES string of the molecule is CC/C=C\C/C=C\C/C=C\C/C=C\C/C=C\CCCCCCCCCC(=O)OCC(COP(=O)(O)OCC(O)COP(=O)(O)OCC(O)COC(=O)CCCCCCCCCCCCC/C=C\C/C=C\C/C=C\C/C=C\CCCCC)OC(=O)CCCCCCC/C=C\CCCCCC. The maximum Gasteiger partial charge on any atom is 0.472 e. The van der Waals surface area contributed by atoms with Crippen LogP contribution >= 0.6 is 15.6 Å². The second-order valence-electron chi connectivity index (χ2n) is 25.8. The van der Waals surface area contributed by atoms with Crippen molar-refractivity contribution in [1.82, 2.24) is 0 Å². The van der Waals surface area contributed by atoms with E-state index in [1.807, 2.05) is 0 Å². The molecule has 0 heterocycles. The predicted octanol–water partition coefficient (Wildman–Crippen LogP) is 22.5. The van der Waals surface area contributed by atoms with Gasteiger partial charge in [0.15, 0.2) is 6.10 Å². The van der Waals surface area contributed by atoms with E-state index in [0.717, 1.165) is 161 Å². The van der Waals surface area contributed by atoms with Gasteiger partial charge in [-0.25, -0.2) is 9.13 Å². The van der Waals surface area contributed by atoms with Crippen LogP contribution in [0.15, 0.2) is 122 Å². The summed E-state index contributed by atoms with van der Waals surface area (Å²) in [5.74, 6) is -1.60. The lowest BCUT2D eigenvalue weighted by atomic mass is 10.0. The van der Waals surface area contributed by atoms with E-state index in [1.54, 1.807) is 0 Å². The van der Waals surface area contributed by atoms with Gasteiger partial charge in [-0.05, 0) is 135 Å². The first-order chi connectivity index (χ1) is 48.2. The monoisotopic (exact) mass is 1430 g/mol. The van der Waals surface area contributed by atoms with Gasteiger partial charge in [-0.3, -0.25) is 32.5 Å². The van der Waals surface area contributed by atoms with Crippen LogP contribution in [-0.2, 0) is 55.8 Å². The first-order valence-electron chi connectivity index (χ1n) is 38.8. The molecule has 0 radical (unpaired) electrons. The first kappa shape index (κ1) is 94.9. The van der Waals surface area contributed by atoms with Crippen molar-refractivity contribution in [2.45, 2.75) is 334 Å². The van der Waals surface area contributed by atoms with Gasteiger partial charge in [-0.1, -0.05) is 284 Å². The largest absolute Gasteiger partial charge is 0.472 e. The van der Waals surface area contributed by atoms with Crippen LogP contribution < -0.4 is 0 Å². The van der Waals surface area contributed by atoms with Gasteiger partial charge in [0.1, 0.15) is 25.4 Å². The smallest absolute Gasteiger partial charge is 0.463 e. The summed E-state index contributed by atoms with van der Waals surface area (Å²) >= 11 is 0. The Kier molecular flexibility index (Phi) is 70.7. The van der Waals surface area contributed by atoms with Crippen LogP contribution in [-0.4, -0.2) is 95.9 Å². The number of unbranched alkanes of at least 4 members (excludes halogenated alkanes) is 30. The van der Waals surface area contributed by atoms with E-state index >= 15 is 0 Å². The van der Waals surface area contributed by atoms with Gasteiger partial charge < -0.3 is 34.2 Å². The van der Waals surface area contributed by atoms with Crippen LogP contribution in [0.25, 0.3) is 0 Å². The lowest BCUT2D eigenvalue weighted by Crippen LogP contribution is -2.30. The molecule has 0 saturated carbocycles. The van der Waals surface area contributed by atoms with Crippen molar-refractivity contribution in [3.8, 4) is 0 Å². The summed E-state index contributed by atoms with van der Waals surface area (Å²) in [6.45, 7) is 2.51. The zero-order chi connectivity index (χ0) is 72.3. The first-order valence-corrected chi connectivity index (χ1v) is 41.8. The molecule has 4 N–H and O–H groups in total. The average molecular weight is 1430 g/mol. The highest BCUT2D eigenvalue weighted by Crippen LogP contribution is 2.45. The van der Waals surface area contributed by atoms with Crippen LogP contribution in [0.5, 0.6) is 0 Å². The van der Waals surface area contributed by atoms with Crippen LogP contribution in [0, 0.1) is 0 Å². The van der Waals surface area contributed by atoms with Gasteiger partial charge in [0.2, 0.25) is 0 Å². The molecular weight excluding hydrogens is 1290 g/mol. The number of carbonyl (C=O) groups is 3. The topological polar surface area (TPSA) is 231 Å². The second-order valence-corrected chi connectivity index (χ2v) is 28.7. The molecule has 0 aromatic rings. The van der Waals surface area contributed by atoms with Crippen molar-refractivity contribution in [2.24, 2.45) is 0 Å². The fourth-order valence-electron chi connectivity index (χ4n) is 10.2. The van der Waals surface area contributed by atoms with Gasteiger partial charge in [0.25, 0.3) is 0 Å². The molecule has 0 aromatic carbocycles. The Morgan fingerprint density at radius 3 is 0.879 bits per heavy atom. The molecule has 0 spiro atoms. The average Bonchev–Trinajstić information content (AvgIpc) is 1.02. The summed E-state index contributed by atoms with van der Waals surface area (Å²) in [7, 11) is -9.79. The molecule has 0 rings (SSSR count). The number of aliphatic hydroxyl groups excluding tert-OH is 2. The van der Waals surface area contributed by atoms with E-state index < -0.39 is 91.5 Å². The molecule has 99 heavy (non-hydrogen) atoms. The summed E-state index contributed by atoms with van der Waals surface area (Å²) in [4.78, 5) is 58.6. The summed E-state index contributed by atoms with van der Waals surface area (Å²) < 4.78 is 61.1. The Morgan fingerprint density at radius 2 is 0.535 bits per heavy atom. The van der Waals surface area contributed by atoms with E-state index in [2.05, 4.69) is 142 Å². The number of ether oxygens (including phenoxy) is 3. The van der Waals surface area contributed by atoms with Crippen LogP contribution in [0.2, 0.25) is 0 Å². The van der Waals surface area contributed by atoms with E-state index in [1.165, 1.54) is 96.3 Å². The Labute approximate surface area is 602 Å². The number of phosphoric acid groups is 2. The minimum absolute atomic E-state index is 0.0900. The second kappa shape index (κ2) is 73.7. The zero-order valence-corrected chi connectivity index (χ0v) is 63.9. The molecule has 0 aliphatic rings. The Balaban J connectivity index is 4.54. The van der Waals surface area contributed by atoms with Gasteiger partial charge in [-0.15, -0.1) is 0 Å². The van der Waals surface area contributed by atoms with Crippen LogP contribution in [0.1, 0.15) is 316 Å². The number of esters is 3. The molecule has 0 aromatic heterocycles. The van der Waals surface area contributed by atoms with Gasteiger partial charge in [0.05, 0.1) is 26.4 Å². The normalized spacial score (nSPS) is 14.7. The van der Waals surface area contributed by atoms with Crippen molar-refractivity contribution in [3.05, 3.63) is 122 Å². The summed E-state index contributed by atoms with van der Waals surface area (Å²) in [6, 6.07) is 0. The number of allylic oxidation sites excluding steroid dienone is 20. The molecule has 5 atom stereocenters. The minimum atomic E-state index is -4.93. The van der Waals surface area contributed by atoms with Gasteiger partial charge in [0, 0.05) is 19.3 Å². The fourth-order valence-corrected chi connectivity index (χ4v) is 11.8. The summed E-state index contributed by atoms with van der Waals surface area (Å²) in [5, 5.41) is 20.6. The molecule has 5 unspecified atom stereocenters. The minimum Gasteiger partial charge on any atom is -0.463 e. The van der Waals surface area contributed by atoms with Gasteiger partial charge >= 0.3 is 33.6 Å². The maximum atomic E-state index is 12.9. The molecular formula is C81H140O16P2. The molecule has 0 aliphatic carbocycles. The number of carbonyl (C=O) groups excluding carboxylic acids is 3. The molecule has 0 fully saturated rings. The maximum absolute atomic E-state index is 12.9. The summed E-state index contributed by atoms with van der Waals surface area (Å²) in [5.41, 5.74) is 0. The standard InChI is InChI=1S/C81H140O16P2/c1-4-7-10-13-16-19-22-25-27-29-31-33-35-36-37-38-40-42-43-45-47-50-52-55-58-61-64-67-79(84)91-70-76(82)71-93-98(87,88)94-72-77(83)73-95-99(89,90)96-75-78(97-81(86)69-66-63-60-57-54-49-24-21-18-15-12-9-6-3)74-92-80(85)68-65-62-59-56-53-51-48-46-44-41-39-34-32-30-28-26-23-20-17-14-11-8-5-2/h8,11,16-17,19-21,24-28,31-34,36-37,41,44,76-78,82-83H,4-7,9-10,12-15,18,22-23,29-30,35,38-40,42-43,45-75H2,1-3H3,(H,87,88)(H,89,90)/b11-8-,19-16-,20-17-,24-21-,27-25-,28-26-,33-31-,34-32-,37-36-,44-41-. The van der Waals surface area contributed by atoms with Crippen LogP contribution in [0.3, 0.4) is 0 Å². The third-order valence-corrected chi connectivity index (χ3v) is 18.0. The third kappa shape index (κ3) is 74.9. The lowest BCUT2D eigenvalue weighted by Gasteiger charge is -2.21. The zero-order valence-electron chi connectivity index (χ0n) is 62.1. The lowest BCUT2D eigenvalue weighted by molar-refractivity contribution is -0.161. The number of phosphoric ester groups is 2. The third-order valence-electron chi connectivity index (χ3n) is 16.1. The van der Waals surface area contributed by atoms with E-state index in [4.69, 9.17) is 32.3 Å². The van der Waals surface area contributed by atoms with Crippen molar-refractivity contribution in [3.63, 3.8) is 0 Å². The Morgan fingerprint density at radius 1 is 0.293 bits per heavy atom. The molecule has 0 saturated heterocycles. The highest BCUT2D eigenvalue weighted by atomic mass is 31.2.